The highest BCUT2D eigenvalue weighted by molar-refractivity contribution is 9.10. The Bertz CT molecular complexity index is 1280. The molecule has 1 aliphatic rings. The van der Waals surface area contributed by atoms with E-state index in [9.17, 15) is 9.90 Å². The Hall–Kier alpha value is -2.90. The van der Waals surface area contributed by atoms with Gasteiger partial charge < -0.3 is 10.4 Å². The largest absolute Gasteiger partial charge is 0.465 e. The van der Waals surface area contributed by atoms with Crippen LogP contribution in [0.2, 0.25) is 5.15 Å². The summed E-state index contributed by atoms with van der Waals surface area (Å²) in [6.45, 7) is 0. The van der Waals surface area contributed by atoms with Crippen LogP contribution in [-0.2, 0) is 5.54 Å². The van der Waals surface area contributed by atoms with Gasteiger partial charge in [-0.15, -0.1) is 0 Å². The van der Waals surface area contributed by atoms with Crippen LogP contribution in [0.1, 0.15) is 24.8 Å². The fourth-order valence-corrected chi connectivity index (χ4v) is 4.97. The monoisotopic (exact) mass is 496 g/mol. The first-order valence-corrected chi connectivity index (χ1v) is 11.1. The molecule has 0 radical (unpaired) electrons. The third kappa shape index (κ3) is 3.47. The molecule has 6 nitrogen and oxygen atoms in total. The van der Waals surface area contributed by atoms with Gasteiger partial charge in [0.25, 0.3) is 0 Å². The number of halogens is 2. The molecular formula is C23H18BrClN4O2. The van der Waals surface area contributed by atoms with Gasteiger partial charge in [-0.2, -0.15) is 5.10 Å². The molecule has 0 spiro atoms. The molecule has 0 aliphatic heterocycles. The SMILES string of the molecule is O=C(O)NC1(c2ccc(-c3nc4c(Br)cc(Cl)nn4c3-c3ccccc3)cc2)CCC1. The standard InChI is InChI=1S/C23H18BrClN4O2/c24-17-13-18(25)28-29-20(15-5-2-1-3-6-15)19(26-21(17)29)14-7-9-16(10-8-14)23(11-4-12-23)27-22(30)31/h1-3,5-10,13,27H,4,11-12H2,(H,30,31). The number of carbonyl (C=O) groups is 1. The molecular weight excluding hydrogens is 480 g/mol. The van der Waals surface area contributed by atoms with Crippen molar-refractivity contribution in [1.82, 2.24) is 19.9 Å². The maximum atomic E-state index is 11.3. The highest BCUT2D eigenvalue weighted by Gasteiger charge is 2.40. The summed E-state index contributed by atoms with van der Waals surface area (Å²) < 4.78 is 2.51. The Morgan fingerprint density at radius 3 is 2.42 bits per heavy atom. The highest BCUT2D eigenvalue weighted by Crippen LogP contribution is 2.42. The van der Waals surface area contributed by atoms with Crippen molar-refractivity contribution in [2.24, 2.45) is 0 Å². The molecule has 1 aliphatic carbocycles. The van der Waals surface area contributed by atoms with Crippen LogP contribution in [0.15, 0.2) is 65.1 Å². The van der Waals surface area contributed by atoms with Crippen LogP contribution in [0.5, 0.6) is 0 Å². The zero-order valence-corrected chi connectivity index (χ0v) is 18.7. The molecule has 0 atom stereocenters. The second-order valence-corrected chi connectivity index (χ2v) is 8.91. The zero-order valence-electron chi connectivity index (χ0n) is 16.3. The van der Waals surface area contributed by atoms with Crippen molar-refractivity contribution >= 4 is 39.3 Å². The molecule has 5 rings (SSSR count). The quantitative estimate of drug-likeness (QED) is 0.356. The van der Waals surface area contributed by atoms with E-state index in [1.54, 1.807) is 10.6 Å². The number of nitrogens with zero attached hydrogens (tertiary/aromatic N) is 3. The van der Waals surface area contributed by atoms with Gasteiger partial charge >= 0.3 is 6.09 Å². The minimum absolute atomic E-state index is 0.363. The van der Waals surface area contributed by atoms with Crippen LogP contribution in [0.25, 0.3) is 28.2 Å². The van der Waals surface area contributed by atoms with Crippen LogP contribution in [0.3, 0.4) is 0 Å². The van der Waals surface area contributed by atoms with Crippen molar-refractivity contribution in [3.05, 3.63) is 75.9 Å². The molecule has 2 N–H and O–H groups in total. The summed E-state index contributed by atoms with van der Waals surface area (Å²) in [6, 6.07) is 19.6. The van der Waals surface area contributed by atoms with Gasteiger partial charge in [0.15, 0.2) is 10.8 Å². The van der Waals surface area contributed by atoms with Crippen molar-refractivity contribution in [2.45, 2.75) is 24.8 Å². The minimum atomic E-state index is -0.997. The number of hydrogen-bond acceptors (Lipinski definition) is 3. The van der Waals surface area contributed by atoms with Crippen LogP contribution < -0.4 is 5.32 Å². The van der Waals surface area contributed by atoms with E-state index in [0.29, 0.717) is 10.8 Å². The predicted octanol–water partition coefficient (Wildman–Crippen LogP) is 6.13. The lowest BCUT2D eigenvalue weighted by atomic mass is 9.72. The molecule has 0 saturated heterocycles. The minimum Gasteiger partial charge on any atom is -0.465 e. The molecule has 0 unspecified atom stereocenters. The molecule has 2 aromatic heterocycles. The first-order chi connectivity index (χ1) is 15.0. The molecule has 156 valence electrons. The maximum Gasteiger partial charge on any atom is 0.405 e. The van der Waals surface area contributed by atoms with Crippen molar-refractivity contribution in [1.29, 1.82) is 0 Å². The lowest BCUT2D eigenvalue weighted by Gasteiger charge is -2.42. The fraction of sp³-hybridized carbons (Fsp3) is 0.174. The van der Waals surface area contributed by atoms with Gasteiger partial charge in [-0.25, -0.2) is 14.3 Å². The summed E-state index contributed by atoms with van der Waals surface area (Å²) in [5.41, 5.74) is 4.65. The Morgan fingerprint density at radius 2 is 1.81 bits per heavy atom. The number of imidazole rings is 1. The number of fused-ring (bicyclic) bond motifs is 1. The maximum absolute atomic E-state index is 11.3. The predicted molar refractivity (Wildman–Crippen MR) is 123 cm³/mol. The lowest BCUT2D eigenvalue weighted by molar-refractivity contribution is 0.144. The van der Waals surface area contributed by atoms with Crippen LogP contribution in [0, 0.1) is 0 Å². The van der Waals surface area contributed by atoms with E-state index in [2.05, 4.69) is 26.3 Å². The van der Waals surface area contributed by atoms with Gasteiger partial charge in [-0.3, -0.25) is 0 Å². The number of amides is 1. The molecule has 2 heterocycles. The van der Waals surface area contributed by atoms with Crippen molar-refractivity contribution in [3.63, 3.8) is 0 Å². The normalized spacial score (nSPS) is 14.9. The summed E-state index contributed by atoms with van der Waals surface area (Å²) in [7, 11) is 0. The third-order valence-corrected chi connectivity index (χ3v) is 6.59. The summed E-state index contributed by atoms with van der Waals surface area (Å²) in [5, 5.41) is 16.8. The first-order valence-electron chi connectivity index (χ1n) is 9.89. The number of hydrogen-bond donors (Lipinski definition) is 2. The summed E-state index contributed by atoms with van der Waals surface area (Å²) in [6.07, 6.45) is 1.62. The van der Waals surface area contributed by atoms with E-state index in [1.165, 1.54) is 0 Å². The summed E-state index contributed by atoms with van der Waals surface area (Å²) in [5.74, 6) is 0. The molecule has 1 saturated carbocycles. The summed E-state index contributed by atoms with van der Waals surface area (Å²) in [4.78, 5) is 16.1. The van der Waals surface area contributed by atoms with Gasteiger partial charge in [-0.1, -0.05) is 66.2 Å². The third-order valence-electron chi connectivity index (χ3n) is 5.82. The number of carboxylic acid groups (broad SMARTS) is 1. The zero-order chi connectivity index (χ0) is 21.6. The molecule has 8 heteroatoms. The number of benzene rings is 2. The van der Waals surface area contributed by atoms with E-state index < -0.39 is 11.6 Å². The van der Waals surface area contributed by atoms with Crippen LogP contribution in [-0.4, -0.2) is 25.8 Å². The average molecular weight is 498 g/mol. The molecule has 4 aromatic rings. The van der Waals surface area contributed by atoms with Crippen LogP contribution >= 0.6 is 27.5 Å². The molecule has 2 aromatic carbocycles. The van der Waals surface area contributed by atoms with Crippen molar-refractivity contribution < 1.29 is 9.90 Å². The van der Waals surface area contributed by atoms with Gasteiger partial charge in [0.05, 0.1) is 15.7 Å². The van der Waals surface area contributed by atoms with E-state index in [1.807, 2.05) is 54.6 Å². The fourth-order valence-electron chi connectivity index (χ4n) is 4.18. The van der Waals surface area contributed by atoms with Gasteiger partial charge in [-0.05, 0) is 46.8 Å². The van der Waals surface area contributed by atoms with Gasteiger partial charge in [0, 0.05) is 11.1 Å². The topological polar surface area (TPSA) is 79.5 Å². The molecule has 1 fully saturated rings. The first kappa shape index (κ1) is 20.0. The Morgan fingerprint density at radius 1 is 1.10 bits per heavy atom. The second-order valence-electron chi connectivity index (χ2n) is 7.67. The van der Waals surface area contributed by atoms with Crippen LogP contribution in [0.4, 0.5) is 4.79 Å². The van der Waals surface area contributed by atoms with Crippen molar-refractivity contribution in [3.8, 4) is 22.5 Å². The number of rotatable bonds is 4. The number of nitrogens with one attached hydrogen (secondary N) is 1. The second kappa shape index (κ2) is 7.66. The number of aromatic nitrogens is 3. The summed E-state index contributed by atoms with van der Waals surface area (Å²) >= 11 is 9.78. The van der Waals surface area contributed by atoms with Gasteiger partial charge in [0.1, 0.15) is 5.69 Å². The Balaban J connectivity index is 1.65. The van der Waals surface area contributed by atoms with E-state index >= 15 is 0 Å². The smallest absolute Gasteiger partial charge is 0.405 e. The van der Waals surface area contributed by atoms with Gasteiger partial charge in [0.2, 0.25) is 0 Å². The Kier molecular flexibility index (Phi) is 4.95. The molecule has 0 bridgehead atoms. The lowest BCUT2D eigenvalue weighted by Crippen LogP contribution is -2.50. The molecule has 31 heavy (non-hydrogen) atoms. The van der Waals surface area contributed by atoms with Crippen molar-refractivity contribution in [2.75, 3.05) is 0 Å². The van der Waals surface area contributed by atoms with E-state index in [0.717, 1.165) is 51.8 Å². The molecule has 1 amide bonds. The average Bonchev–Trinajstić information content (AvgIpc) is 3.11. The Labute approximate surface area is 192 Å². The van der Waals surface area contributed by atoms with E-state index in [-0.39, 0.29) is 0 Å². The van der Waals surface area contributed by atoms with E-state index in [4.69, 9.17) is 16.6 Å². The highest BCUT2D eigenvalue weighted by atomic mass is 79.9.